The number of aryl methyl sites for hydroxylation is 1. The Labute approximate surface area is 155 Å². The molecule has 0 saturated carbocycles. The summed E-state index contributed by atoms with van der Waals surface area (Å²) in [6, 6.07) is 13.9. The maximum Gasteiger partial charge on any atom is 0.263 e. The fraction of sp³-hybridized carbons (Fsp3) is 0.211. The lowest BCUT2D eigenvalue weighted by molar-refractivity contribution is -0.127. The molecule has 2 saturated heterocycles. The van der Waals surface area contributed by atoms with Crippen molar-refractivity contribution in [3.8, 4) is 11.5 Å². The SMILES string of the molecule is Cc1cccc(C2NNC3SC(=Cc4ccc5c(c4)OCO5)C(=O)N32)c1. The number of fused-ring (bicyclic) bond motifs is 2. The van der Waals surface area contributed by atoms with Crippen LogP contribution in [-0.2, 0) is 4.79 Å². The van der Waals surface area contributed by atoms with Gasteiger partial charge in [-0.05, 0) is 36.3 Å². The fourth-order valence-electron chi connectivity index (χ4n) is 3.37. The van der Waals surface area contributed by atoms with Gasteiger partial charge in [0.2, 0.25) is 6.79 Å². The number of amides is 1. The topological polar surface area (TPSA) is 62.8 Å². The van der Waals surface area contributed by atoms with Crippen molar-refractivity contribution in [1.82, 2.24) is 15.8 Å². The van der Waals surface area contributed by atoms with Crippen molar-refractivity contribution in [3.63, 3.8) is 0 Å². The zero-order valence-electron chi connectivity index (χ0n) is 14.1. The standard InChI is InChI=1S/C19H17N3O3S/c1-11-3-2-4-13(7-11)17-20-21-19-22(17)18(23)16(26-19)9-12-5-6-14-15(8-12)25-10-24-14/h2-9,17,19-21H,10H2,1H3. The molecule has 3 heterocycles. The number of hydrogen-bond donors (Lipinski definition) is 2. The Morgan fingerprint density at radius 1 is 1.15 bits per heavy atom. The normalized spacial score (nSPS) is 25.2. The number of hydrazine groups is 1. The number of carbonyl (C=O) groups is 1. The van der Waals surface area contributed by atoms with Crippen LogP contribution in [0.1, 0.15) is 22.9 Å². The van der Waals surface area contributed by atoms with E-state index in [2.05, 4.69) is 29.9 Å². The van der Waals surface area contributed by atoms with Crippen LogP contribution in [0.3, 0.4) is 0 Å². The molecule has 2 unspecified atom stereocenters. The molecule has 0 aromatic heterocycles. The number of carbonyl (C=O) groups excluding carboxylic acids is 1. The summed E-state index contributed by atoms with van der Waals surface area (Å²) in [6.45, 7) is 2.29. The average molecular weight is 367 g/mol. The molecule has 2 atom stereocenters. The number of nitrogens with zero attached hydrogens (tertiary/aromatic N) is 1. The maximum absolute atomic E-state index is 13.0. The highest BCUT2D eigenvalue weighted by Crippen LogP contribution is 2.42. The quantitative estimate of drug-likeness (QED) is 0.796. The first-order valence-electron chi connectivity index (χ1n) is 8.37. The smallest absolute Gasteiger partial charge is 0.263 e. The highest BCUT2D eigenvalue weighted by Gasteiger charge is 2.45. The lowest BCUT2D eigenvalue weighted by Crippen LogP contribution is -2.32. The molecular weight excluding hydrogens is 350 g/mol. The lowest BCUT2D eigenvalue weighted by atomic mass is 10.1. The van der Waals surface area contributed by atoms with Gasteiger partial charge in [-0.1, -0.05) is 47.7 Å². The van der Waals surface area contributed by atoms with Gasteiger partial charge in [0.15, 0.2) is 11.5 Å². The van der Waals surface area contributed by atoms with Crippen LogP contribution in [0.15, 0.2) is 47.4 Å². The zero-order valence-corrected chi connectivity index (χ0v) is 14.9. The molecule has 0 spiro atoms. The monoisotopic (exact) mass is 367 g/mol. The Morgan fingerprint density at radius 2 is 2.04 bits per heavy atom. The Bertz CT molecular complexity index is 930. The van der Waals surface area contributed by atoms with Crippen molar-refractivity contribution in [2.24, 2.45) is 0 Å². The molecule has 0 bridgehead atoms. The number of nitrogens with one attached hydrogen (secondary N) is 2. The molecular formula is C19H17N3O3S. The maximum atomic E-state index is 13.0. The Hall–Kier alpha value is -2.48. The second-order valence-electron chi connectivity index (χ2n) is 6.41. The van der Waals surface area contributed by atoms with Crippen molar-refractivity contribution in [3.05, 3.63) is 64.1 Å². The first-order valence-corrected chi connectivity index (χ1v) is 9.25. The molecule has 2 aromatic rings. The summed E-state index contributed by atoms with van der Waals surface area (Å²) in [4.78, 5) is 15.5. The Morgan fingerprint density at radius 3 is 2.92 bits per heavy atom. The predicted molar refractivity (Wildman–Crippen MR) is 99.0 cm³/mol. The van der Waals surface area contributed by atoms with E-state index in [0.717, 1.165) is 16.9 Å². The van der Waals surface area contributed by atoms with Crippen molar-refractivity contribution in [2.75, 3.05) is 6.79 Å². The molecule has 26 heavy (non-hydrogen) atoms. The van der Waals surface area contributed by atoms with Gasteiger partial charge < -0.3 is 9.47 Å². The van der Waals surface area contributed by atoms with Crippen LogP contribution in [0.5, 0.6) is 11.5 Å². The van der Waals surface area contributed by atoms with Crippen molar-refractivity contribution in [1.29, 1.82) is 0 Å². The molecule has 2 fully saturated rings. The second kappa shape index (κ2) is 6.05. The molecule has 3 aliphatic rings. The predicted octanol–water partition coefficient (Wildman–Crippen LogP) is 2.73. The van der Waals surface area contributed by atoms with Gasteiger partial charge in [-0.25, -0.2) is 10.9 Å². The van der Waals surface area contributed by atoms with E-state index in [4.69, 9.17) is 9.47 Å². The Balaban J connectivity index is 1.43. The minimum atomic E-state index is -0.178. The fourth-order valence-corrected chi connectivity index (χ4v) is 4.48. The molecule has 2 aromatic carbocycles. The van der Waals surface area contributed by atoms with Gasteiger partial charge >= 0.3 is 0 Å². The van der Waals surface area contributed by atoms with E-state index in [-0.39, 0.29) is 24.4 Å². The van der Waals surface area contributed by atoms with Crippen LogP contribution in [0, 0.1) is 6.92 Å². The van der Waals surface area contributed by atoms with E-state index >= 15 is 0 Å². The average Bonchev–Trinajstić information content (AvgIpc) is 3.32. The number of thioether (sulfide) groups is 1. The van der Waals surface area contributed by atoms with E-state index in [1.54, 1.807) is 0 Å². The van der Waals surface area contributed by atoms with Crippen LogP contribution in [-0.4, -0.2) is 23.1 Å². The minimum Gasteiger partial charge on any atom is -0.454 e. The van der Waals surface area contributed by atoms with Gasteiger partial charge in [0.1, 0.15) is 11.7 Å². The van der Waals surface area contributed by atoms with E-state index in [1.807, 2.05) is 41.3 Å². The summed E-state index contributed by atoms with van der Waals surface area (Å²) in [7, 11) is 0. The van der Waals surface area contributed by atoms with E-state index in [0.29, 0.717) is 10.7 Å². The van der Waals surface area contributed by atoms with Gasteiger partial charge in [0, 0.05) is 0 Å². The first kappa shape index (κ1) is 15.7. The summed E-state index contributed by atoms with van der Waals surface area (Å²) in [5.74, 6) is 1.47. The summed E-state index contributed by atoms with van der Waals surface area (Å²) in [6.07, 6.45) is 1.73. The van der Waals surface area contributed by atoms with E-state index < -0.39 is 0 Å². The Kier molecular flexibility index (Phi) is 3.66. The summed E-state index contributed by atoms with van der Waals surface area (Å²) in [5.41, 5.74) is 9.47. The van der Waals surface area contributed by atoms with Crippen molar-refractivity contribution in [2.45, 2.75) is 18.6 Å². The molecule has 2 N–H and O–H groups in total. The second-order valence-corrected chi connectivity index (χ2v) is 7.53. The molecule has 0 aliphatic carbocycles. The van der Waals surface area contributed by atoms with Crippen LogP contribution < -0.4 is 20.3 Å². The third kappa shape index (κ3) is 2.56. The van der Waals surface area contributed by atoms with Crippen molar-refractivity contribution >= 4 is 23.7 Å². The molecule has 132 valence electrons. The zero-order chi connectivity index (χ0) is 17.7. The molecule has 0 radical (unpaired) electrons. The molecule has 1 amide bonds. The third-order valence-electron chi connectivity index (χ3n) is 4.61. The number of benzene rings is 2. The van der Waals surface area contributed by atoms with Gasteiger partial charge in [-0.2, -0.15) is 0 Å². The lowest BCUT2D eigenvalue weighted by Gasteiger charge is -2.21. The van der Waals surface area contributed by atoms with Gasteiger partial charge in [0.25, 0.3) is 5.91 Å². The highest BCUT2D eigenvalue weighted by molar-refractivity contribution is 8.05. The van der Waals surface area contributed by atoms with Crippen LogP contribution in [0.2, 0.25) is 0 Å². The van der Waals surface area contributed by atoms with Crippen LogP contribution in [0.4, 0.5) is 0 Å². The molecule has 7 heteroatoms. The summed E-state index contributed by atoms with van der Waals surface area (Å²) in [5, 5.41) is 0. The highest BCUT2D eigenvalue weighted by atomic mass is 32.2. The summed E-state index contributed by atoms with van der Waals surface area (Å²) < 4.78 is 10.8. The van der Waals surface area contributed by atoms with Crippen LogP contribution >= 0.6 is 11.8 Å². The van der Waals surface area contributed by atoms with Gasteiger partial charge in [0.05, 0.1) is 4.91 Å². The molecule has 3 aliphatic heterocycles. The third-order valence-corrected chi connectivity index (χ3v) is 5.73. The van der Waals surface area contributed by atoms with Gasteiger partial charge in [-0.3, -0.25) is 9.69 Å². The van der Waals surface area contributed by atoms with E-state index in [9.17, 15) is 4.79 Å². The van der Waals surface area contributed by atoms with Gasteiger partial charge in [-0.15, -0.1) is 0 Å². The number of rotatable bonds is 2. The number of ether oxygens (including phenoxy) is 2. The van der Waals surface area contributed by atoms with Crippen molar-refractivity contribution < 1.29 is 14.3 Å². The summed E-state index contributed by atoms with van der Waals surface area (Å²) >= 11 is 1.51. The molecule has 5 rings (SSSR count). The molecule has 6 nitrogen and oxygen atoms in total. The van der Waals surface area contributed by atoms with Crippen LogP contribution in [0.25, 0.3) is 6.08 Å². The minimum absolute atomic E-state index is 0.0154. The first-order chi connectivity index (χ1) is 12.7. The van der Waals surface area contributed by atoms with E-state index in [1.165, 1.54) is 17.3 Å². The largest absolute Gasteiger partial charge is 0.454 e. The number of hydrogen-bond acceptors (Lipinski definition) is 6.